The van der Waals surface area contributed by atoms with Crippen molar-refractivity contribution in [3.8, 4) is 33.2 Å². The Bertz CT molecular complexity index is 1480. The second kappa shape index (κ2) is 8.92. The van der Waals surface area contributed by atoms with E-state index in [9.17, 15) is 4.79 Å². The summed E-state index contributed by atoms with van der Waals surface area (Å²) in [5.74, 6) is 1.55. The number of aromatic nitrogens is 4. The first-order chi connectivity index (χ1) is 17.2. The summed E-state index contributed by atoms with van der Waals surface area (Å²) in [4.78, 5) is 20.0. The van der Waals surface area contributed by atoms with E-state index in [1.165, 1.54) is 0 Å². The number of benzene rings is 3. The van der Waals surface area contributed by atoms with Gasteiger partial charge < -0.3 is 9.47 Å². The second-order valence-corrected chi connectivity index (χ2v) is 9.41. The molecule has 1 atom stereocenters. The molecule has 0 saturated carbocycles. The Morgan fingerprint density at radius 1 is 0.829 bits per heavy atom. The van der Waals surface area contributed by atoms with E-state index in [4.69, 9.17) is 4.98 Å². The van der Waals surface area contributed by atoms with Crippen LogP contribution in [0.15, 0.2) is 90.3 Å². The van der Waals surface area contributed by atoms with Gasteiger partial charge >= 0.3 is 0 Å². The molecular weight excluding hydrogens is 454 g/mol. The van der Waals surface area contributed by atoms with E-state index in [2.05, 4.69) is 39.0 Å². The van der Waals surface area contributed by atoms with Gasteiger partial charge in [0.15, 0.2) is 11.6 Å². The maximum atomic E-state index is 13.4. The van der Waals surface area contributed by atoms with Gasteiger partial charge in [0.2, 0.25) is 0 Å². The summed E-state index contributed by atoms with van der Waals surface area (Å²) < 4.78 is 2.09. The predicted octanol–water partition coefficient (Wildman–Crippen LogP) is 5.95. The van der Waals surface area contributed by atoms with Crippen LogP contribution in [-0.4, -0.2) is 37.1 Å². The monoisotopic (exact) mass is 477 g/mol. The van der Waals surface area contributed by atoms with E-state index in [1.54, 1.807) is 11.3 Å². The van der Waals surface area contributed by atoms with Crippen LogP contribution < -0.4 is 0 Å². The van der Waals surface area contributed by atoms with Gasteiger partial charge in [-0.05, 0) is 30.2 Å². The van der Waals surface area contributed by atoms with Crippen molar-refractivity contribution in [2.24, 2.45) is 0 Å². The zero-order valence-electron chi connectivity index (χ0n) is 19.2. The van der Waals surface area contributed by atoms with Gasteiger partial charge in [0.25, 0.3) is 5.91 Å². The Morgan fingerprint density at radius 2 is 1.49 bits per heavy atom. The molecule has 1 aliphatic rings. The van der Waals surface area contributed by atoms with Gasteiger partial charge in [-0.3, -0.25) is 4.79 Å². The minimum atomic E-state index is -0.182. The lowest BCUT2D eigenvalue weighted by Gasteiger charge is -2.33. The van der Waals surface area contributed by atoms with Crippen LogP contribution in [0.2, 0.25) is 0 Å². The largest absolute Gasteiger partial charge is 0.327 e. The van der Waals surface area contributed by atoms with E-state index in [0.717, 1.165) is 39.0 Å². The average molecular weight is 478 g/mol. The molecule has 0 saturated heterocycles. The van der Waals surface area contributed by atoms with Crippen molar-refractivity contribution in [2.45, 2.75) is 19.5 Å². The first-order valence-electron chi connectivity index (χ1n) is 11.6. The molecule has 35 heavy (non-hydrogen) atoms. The van der Waals surface area contributed by atoms with Crippen molar-refractivity contribution in [1.82, 2.24) is 24.6 Å². The first kappa shape index (κ1) is 21.4. The number of nitrogens with zero attached hydrogens (tertiary/aromatic N) is 5. The molecule has 2 aromatic heterocycles. The summed E-state index contributed by atoms with van der Waals surface area (Å²) >= 11 is 1.60. The quantitative estimate of drug-likeness (QED) is 0.321. The highest BCUT2D eigenvalue weighted by atomic mass is 32.1. The highest BCUT2D eigenvalue weighted by molar-refractivity contribution is 7.13. The number of rotatable bonds is 4. The number of carbonyl (C=O) groups excluding carboxylic acids is 1. The fraction of sp³-hybridized carbons (Fsp3) is 0.143. The van der Waals surface area contributed by atoms with Crippen molar-refractivity contribution < 1.29 is 4.79 Å². The van der Waals surface area contributed by atoms with Gasteiger partial charge in [-0.2, -0.15) is 0 Å². The molecular formula is C28H23N5OS. The lowest BCUT2D eigenvalue weighted by atomic mass is 10.0. The molecule has 0 aliphatic carbocycles. The van der Waals surface area contributed by atoms with Crippen molar-refractivity contribution in [1.29, 1.82) is 0 Å². The van der Waals surface area contributed by atoms with Gasteiger partial charge in [-0.1, -0.05) is 72.8 Å². The smallest absolute Gasteiger partial charge is 0.254 e. The average Bonchev–Trinajstić information content (AvgIpc) is 3.58. The van der Waals surface area contributed by atoms with Gasteiger partial charge in [0.1, 0.15) is 10.7 Å². The van der Waals surface area contributed by atoms with Gasteiger partial charge in [-0.15, -0.1) is 21.5 Å². The SMILES string of the molecule is C[C@@H]1c2nnc(-c3csc(-c4ccccc4)n3)n2CCN1C(=O)c1ccc(-c2ccccc2)cc1. The number of hydrogen-bond donors (Lipinski definition) is 0. The highest BCUT2D eigenvalue weighted by Crippen LogP contribution is 2.32. The molecule has 0 fully saturated rings. The lowest BCUT2D eigenvalue weighted by molar-refractivity contribution is 0.0638. The molecule has 0 N–H and O–H groups in total. The molecule has 6 rings (SSSR count). The van der Waals surface area contributed by atoms with E-state index in [0.29, 0.717) is 18.7 Å². The Hall–Kier alpha value is -4.10. The number of carbonyl (C=O) groups is 1. The summed E-state index contributed by atoms with van der Waals surface area (Å²) in [5.41, 5.74) is 4.81. The molecule has 1 aliphatic heterocycles. The Labute approximate surface area is 207 Å². The predicted molar refractivity (Wildman–Crippen MR) is 138 cm³/mol. The molecule has 0 bridgehead atoms. The Morgan fingerprint density at radius 3 is 2.20 bits per heavy atom. The van der Waals surface area contributed by atoms with Gasteiger partial charge in [-0.25, -0.2) is 4.98 Å². The molecule has 5 aromatic rings. The van der Waals surface area contributed by atoms with Crippen LogP contribution >= 0.6 is 11.3 Å². The molecule has 0 spiro atoms. The Kier molecular flexibility index (Phi) is 5.47. The molecule has 6 nitrogen and oxygen atoms in total. The van der Waals surface area contributed by atoms with E-state index < -0.39 is 0 Å². The van der Waals surface area contributed by atoms with E-state index in [-0.39, 0.29) is 11.9 Å². The summed E-state index contributed by atoms with van der Waals surface area (Å²) in [6.07, 6.45) is 0. The molecule has 3 heterocycles. The van der Waals surface area contributed by atoms with Crippen molar-refractivity contribution in [3.05, 3.63) is 102 Å². The summed E-state index contributed by atoms with van der Waals surface area (Å²) in [5, 5.41) is 11.9. The van der Waals surface area contributed by atoms with Crippen LogP contribution in [-0.2, 0) is 6.54 Å². The maximum Gasteiger partial charge on any atom is 0.254 e. The third-order valence-corrected chi connectivity index (χ3v) is 7.33. The third kappa shape index (κ3) is 3.94. The summed E-state index contributed by atoms with van der Waals surface area (Å²) in [7, 11) is 0. The van der Waals surface area contributed by atoms with Crippen molar-refractivity contribution in [3.63, 3.8) is 0 Å². The number of fused-ring (bicyclic) bond motifs is 1. The molecule has 172 valence electrons. The topological polar surface area (TPSA) is 63.9 Å². The molecule has 1 amide bonds. The van der Waals surface area contributed by atoms with Gasteiger partial charge in [0, 0.05) is 29.6 Å². The maximum absolute atomic E-state index is 13.4. The fourth-order valence-corrected chi connectivity index (χ4v) is 5.35. The molecule has 7 heteroatoms. The number of hydrogen-bond acceptors (Lipinski definition) is 5. The number of thiazole rings is 1. The zero-order chi connectivity index (χ0) is 23.8. The molecule has 0 unspecified atom stereocenters. The zero-order valence-corrected chi connectivity index (χ0v) is 20.0. The minimum Gasteiger partial charge on any atom is -0.327 e. The van der Waals surface area contributed by atoms with Crippen molar-refractivity contribution >= 4 is 17.2 Å². The van der Waals surface area contributed by atoms with Crippen molar-refractivity contribution in [2.75, 3.05) is 6.54 Å². The summed E-state index contributed by atoms with van der Waals surface area (Å²) in [6, 6.07) is 27.9. The second-order valence-electron chi connectivity index (χ2n) is 8.56. The third-order valence-electron chi connectivity index (χ3n) is 6.44. The molecule has 0 radical (unpaired) electrons. The van der Waals surface area contributed by atoms with E-state index >= 15 is 0 Å². The standard InChI is InChI=1S/C28H23N5OS/c1-19-25-30-31-26(24-18-35-27(29-24)22-10-6-3-7-11-22)33(25)17-16-32(19)28(34)23-14-12-21(13-15-23)20-8-4-2-5-9-20/h2-15,18-19H,16-17H2,1H3/t19-/m1/s1. The number of amides is 1. The first-order valence-corrected chi connectivity index (χ1v) is 12.5. The highest BCUT2D eigenvalue weighted by Gasteiger charge is 2.32. The van der Waals surface area contributed by atoms with E-state index in [1.807, 2.05) is 77.9 Å². The van der Waals surface area contributed by atoms with Crippen LogP contribution in [0.25, 0.3) is 33.2 Å². The Balaban J connectivity index is 1.23. The van der Waals surface area contributed by atoms with Crippen LogP contribution in [0, 0.1) is 0 Å². The lowest BCUT2D eigenvalue weighted by Crippen LogP contribution is -2.41. The minimum absolute atomic E-state index is 0.00735. The van der Waals surface area contributed by atoms with Crippen LogP contribution in [0.3, 0.4) is 0 Å². The fourth-order valence-electron chi connectivity index (χ4n) is 4.54. The molecule has 3 aromatic carbocycles. The van der Waals surface area contributed by atoms with Crippen LogP contribution in [0.4, 0.5) is 0 Å². The van der Waals surface area contributed by atoms with Crippen LogP contribution in [0.1, 0.15) is 29.1 Å². The summed E-state index contributed by atoms with van der Waals surface area (Å²) in [6.45, 7) is 3.23. The van der Waals surface area contributed by atoms with Gasteiger partial charge in [0.05, 0.1) is 6.04 Å². The normalized spacial score (nSPS) is 15.1. The van der Waals surface area contributed by atoms with Crippen LogP contribution in [0.5, 0.6) is 0 Å².